The van der Waals surface area contributed by atoms with Crippen LogP contribution >= 0.6 is 0 Å². The van der Waals surface area contributed by atoms with Crippen LogP contribution in [0.15, 0.2) is 57.9 Å². The zero-order valence-electron chi connectivity index (χ0n) is 19.6. The number of unbranched alkanes of at least 4 members (excludes halogenated alkanes) is 3. The van der Waals surface area contributed by atoms with Crippen molar-refractivity contribution in [2.24, 2.45) is 4.99 Å². The smallest absolute Gasteiger partial charge is 0.305 e. The van der Waals surface area contributed by atoms with Crippen molar-refractivity contribution in [1.82, 2.24) is 10.6 Å². The number of rotatable bonds is 13. The van der Waals surface area contributed by atoms with Crippen molar-refractivity contribution >= 4 is 12.3 Å². The lowest BCUT2D eigenvalue weighted by Crippen LogP contribution is -2.27. The first-order valence-corrected chi connectivity index (χ1v) is 11.5. The van der Waals surface area contributed by atoms with Gasteiger partial charge >= 0.3 is 5.97 Å². The number of esters is 1. The topological polar surface area (TPSA) is 81.2 Å². The van der Waals surface area contributed by atoms with Gasteiger partial charge < -0.3 is 24.8 Å². The molecule has 0 amide bonds. The van der Waals surface area contributed by atoms with E-state index < -0.39 is 11.6 Å². The highest BCUT2D eigenvalue weighted by Crippen LogP contribution is 2.32. The van der Waals surface area contributed by atoms with Gasteiger partial charge in [0.2, 0.25) is 0 Å². The van der Waals surface area contributed by atoms with Crippen molar-refractivity contribution in [1.29, 1.82) is 0 Å². The van der Waals surface area contributed by atoms with E-state index >= 15 is 0 Å². The van der Waals surface area contributed by atoms with Gasteiger partial charge in [-0.25, -0.2) is 13.8 Å². The van der Waals surface area contributed by atoms with Crippen LogP contribution in [0.3, 0.4) is 0 Å². The number of hydrogen-bond acceptors (Lipinski definition) is 7. The van der Waals surface area contributed by atoms with Crippen molar-refractivity contribution < 1.29 is 27.8 Å². The summed E-state index contributed by atoms with van der Waals surface area (Å²) in [5, 5.41) is 6.31. The number of fused-ring (bicyclic) bond motifs is 1. The molecule has 2 N–H and O–H groups in total. The summed E-state index contributed by atoms with van der Waals surface area (Å²) in [6.45, 7) is 3.05. The van der Waals surface area contributed by atoms with Crippen molar-refractivity contribution in [3.8, 4) is 0 Å². The molecule has 0 saturated carbocycles. The van der Waals surface area contributed by atoms with E-state index in [4.69, 9.17) is 14.2 Å². The van der Waals surface area contributed by atoms with Crippen LogP contribution in [0.4, 0.5) is 8.78 Å². The molecule has 3 rings (SSSR count). The molecule has 1 aromatic rings. The Bertz CT molecular complexity index is 1000. The first-order chi connectivity index (χ1) is 16.5. The molecule has 7 nitrogen and oxygen atoms in total. The second-order valence-corrected chi connectivity index (χ2v) is 7.88. The fourth-order valence-electron chi connectivity index (χ4n) is 3.66. The van der Waals surface area contributed by atoms with Crippen LogP contribution in [0, 0.1) is 11.6 Å². The fourth-order valence-corrected chi connectivity index (χ4v) is 3.66. The highest BCUT2D eigenvalue weighted by Gasteiger charge is 2.25. The maximum absolute atomic E-state index is 13.5. The predicted octanol–water partition coefficient (Wildman–Crippen LogP) is 4.57. The van der Waals surface area contributed by atoms with Crippen LogP contribution in [0.2, 0.25) is 0 Å². The van der Waals surface area contributed by atoms with Gasteiger partial charge in [0.25, 0.3) is 0 Å². The first kappa shape index (κ1) is 25.3. The second kappa shape index (κ2) is 12.8. The molecule has 0 aromatic heterocycles. The Hall–Kier alpha value is -3.36. The quantitative estimate of drug-likeness (QED) is 0.321. The summed E-state index contributed by atoms with van der Waals surface area (Å²) in [6.07, 6.45) is 7.90. The molecule has 0 unspecified atom stereocenters. The van der Waals surface area contributed by atoms with Crippen molar-refractivity contribution in [3.05, 3.63) is 70.1 Å². The number of nitrogens with one attached hydrogen (secondary N) is 2. The van der Waals surface area contributed by atoms with Crippen molar-refractivity contribution in [2.45, 2.75) is 52.0 Å². The van der Waals surface area contributed by atoms with Gasteiger partial charge in [-0.15, -0.1) is 0 Å². The van der Waals surface area contributed by atoms with Gasteiger partial charge in [0.05, 0.1) is 32.4 Å². The molecule has 1 heterocycles. The maximum atomic E-state index is 13.5. The summed E-state index contributed by atoms with van der Waals surface area (Å²) in [7, 11) is 1.60. The van der Waals surface area contributed by atoms with E-state index in [-0.39, 0.29) is 5.97 Å². The Morgan fingerprint density at radius 1 is 1.18 bits per heavy atom. The molecule has 2 aliphatic rings. The number of carbonyl (C=O) groups is 1. The lowest BCUT2D eigenvalue weighted by Gasteiger charge is -2.26. The van der Waals surface area contributed by atoms with Gasteiger partial charge in [0, 0.05) is 31.0 Å². The zero-order chi connectivity index (χ0) is 24.3. The summed E-state index contributed by atoms with van der Waals surface area (Å²) in [4.78, 5) is 15.8. The van der Waals surface area contributed by atoms with E-state index in [2.05, 4.69) is 15.6 Å². The van der Waals surface area contributed by atoms with E-state index in [1.54, 1.807) is 20.4 Å². The van der Waals surface area contributed by atoms with Crippen LogP contribution in [0.25, 0.3) is 0 Å². The minimum Gasteiger partial charge on any atom is -0.494 e. The van der Waals surface area contributed by atoms with Crippen LogP contribution in [0.5, 0.6) is 0 Å². The lowest BCUT2D eigenvalue weighted by atomic mass is 10.00. The number of nitrogens with zero attached hydrogens (tertiary/aromatic N) is 1. The van der Waals surface area contributed by atoms with Gasteiger partial charge in [-0.3, -0.25) is 4.79 Å². The summed E-state index contributed by atoms with van der Waals surface area (Å²) >= 11 is 0. The largest absolute Gasteiger partial charge is 0.494 e. The van der Waals surface area contributed by atoms with Crippen LogP contribution in [-0.4, -0.2) is 32.6 Å². The molecule has 34 heavy (non-hydrogen) atoms. The molecule has 0 bridgehead atoms. The molecule has 0 saturated heterocycles. The molecule has 184 valence electrons. The molecule has 1 aliphatic heterocycles. The number of carbonyl (C=O) groups excluding carboxylic acids is 1. The van der Waals surface area contributed by atoms with Gasteiger partial charge in [0.1, 0.15) is 11.6 Å². The standard InChI is InChI=1S/C25H31F2N3O4/c1-3-33-24(31)8-6-4-5-7-11-34-23-13-18-21(14-22(23)32-2)29-16-30-25(18)28-15-17-9-10-19(26)20(27)12-17/h9-10,12,14,16,28H,3-8,11,13,15H2,1-2H3,(H,29,30). The molecule has 1 aliphatic carbocycles. The second-order valence-electron chi connectivity index (χ2n) is 7.88. The first-order valence-electron chi connectivity index (χ1n) is 11.5. The van der Waals surface area contributed by atoms with Gasteiger partial charge in [-0.1, -0.05) is 18.9 Å². The minimum absolute atomic E-state index is 0.149. The van der Waals surface area contributed by atoms with Crippen LogP contribution < -0.4 is 10.6 Å². The molecule has 9 heteroatoms. The van der Waals surface area contributed by atoms with E-state index in [1.807, 2.05) is 6.08 Å². The third-order valence-electron chi connectivity index (χ3n) is 5.43. The number of allylic oxidation sites excluding steroid dienone is 3. The SMILES string of the molecule is CCOC(=O)CCCCCCOC1=C(OC)C=C2NC=NC(NCc3ccc(F)c(F)c3)=C2C1. The van der Waals surface area contributed by atoms with E-state index in [9.17, 15) is 13.6 Å². The average molecular weight is 476 g/mol. The van der Waals surface area contributed by atoms with Crippen LogP contribution in [-0.2, 0) is 25.5 Å². The monoisotopic (exact) mass is 475 g/mol. The molecule has 0 radical (unpaired) electrons. The summed E-state index contributed by atoms with van der Waals surface area (Å²) in [5.41, 5.74) is 2.34. The van der Waals surface area contributed by atoms with Crippen molar-refractivity contribution in [3.63, 3.8) is 0 Å². The molecule has 0 atom stereocenters. The van der Waals surface area contributed by atoms with E-state index in [0.717, 1.165) is 43.0 Å². The third-order valence-corrected chi connectivity index (χ3v) is 5.43. The Morgan fingerprint density at radius 2 is 2.00 bits per heavy atom. The highest BCUT2D eigenvalue weighted by atomic mass is 19.2. The predicted molar refractivity (Wildman–Crippen MR) is 124 cm³/mol. The molecule has 0 spiro atoms. The fraction of sp³-hybridized carbons (Fsp3) is 0.440. The third kappa shape index (κ3) is 7.07. The Morgan fingerprint density at radius 3 is 2.76 bits per heavy atom. The maximum Gasteiger partial charge on any atom is 0.305 e. The Balaban J connectivity index is 1.54. The average Bonchev–Trinajstić information content (AvgIpc) is 2.83. The number of hydrogen-bond donors (Lipinski definition) is 2. The number of ether oxygens (including phenoxy) is 3. The summed E-state index contributed by atoms with van der Waals surface area (Å²) < 4.78 is 43.2. The number of halogens is 2. The number of methoxy groups -OCH3 is 1. The van der Waals surface area contributed by atoms with Gasteiger partial charge in [-0.2, -0.15) is 0 Å². The summed E-state index contributed by atoms with van der Waals surface area (Å²) in [6, 6.07) is 3.81. The number of benzene rings is 1. The normalized spacial score (nSPS) is 14.9. The molecular weight excluding hydrogens is 444 g/mol. The highest BCUT2D eigenvalue weighted by molar-refractivity contribution is 5.69. The molecular formula is C25H31F2N3O4. The van der Waals surface area contributed by atoms with Gasteiger partial charge in [0.15, 0.2) is 17.4 Å². The Labute approximate surface area is 198 Å². The van der Waals surface area contributed by atoms with Crippen LogP contribution in [0.1, 0.15) is 51.0 Å². The van der Waals surface area contributed by atoms with Gasteiger partial charge in [-0.05, 0) is 37.5 Å². The van der Waals surface area contributed by atoms with E-state index in [1.165, 1.54) is 12.1 Å². The lowest BCUT2D eigenvalue weighted by molar-refractivity contribution is -0.143. The Kier molecular flexibility index (Phi) is 9.49. The number of aliphatic imine (C=N–C) groups is 1. The molecule has 0 fully saturated rings. The zero-order valence-corrected chi connectivity index (χ0v) is 19.6. The minimum atomic E-state index is -0.881. The van der Waals surface area contributed by atoms with Crippen molar-refractivity contribution in [2.75, 3.05) is 20.3 Å². The molecule has 1 aromatic carbocycles. The van der Waals surface area contributed by atoms with E-state index in [0.29, 0.717) is 55.5 Å². The summed E-state index contributed by atoms with van der Waals surface area (Å²) in [5.74, 6) is 0.0754.